The van der Waals surface area contributed by atoms with Crippen molar-refractivity contribution in [2.75, 3.05) is 31.0 Å². The van der Waals surface area contributed by atoms with Gasteiger partial charge in [-0.3, -0.25) is 4.79 Å². The molecule has 152 valence electrons. The second kappa shape index (κ2) is 9.45. The summed E-state index contributed by atoms with van der Waals surface area (Å²) in [6, 6.07) is 13.5. The van der Waals surface area contributed by atoms with Crippen LogP contribution in [0.1, 0.15) is 18.3 Å². The zero-order valence-corrected chi connectivity index (χ0v) is 17.8. The van der Waals surface area contributed by atoms with Gasteiger partial charge in [-0.2, -0.15) is 11.8 Å². The Hall–Kier alpha value is -2.32. The molecule has 8 heteroatoms. The Morgan fingerprint density at radius 1 is 1.21 bits per heavy atom. The Kier molecular flexibility index (Phi) is 6.51. The number of hydrogen-bond donors (Lipinski definition) is 2. The number of imidazole rings is 1. The lowest BCUT2D eigenvalue weighted by molar-refractivity contribution is -0.119. The summed E-state index contributed by atoms with van der Waals surface area (Å²) in [7, 11) is 0. The molecule has 29 heavy (non-hydrogen) atoms. The molecule has 0 aliphatic carbocycles. The van der Waals surface area contributed by atoms with Crippen molar-refractivity contribution < 1.29 is 14.3 Å². The fourth-order valence-electron chi connectivity index (χ4n) is 3.15. The van der Waals surface area contributed by atoms with Gasteiger partial charge in [-0.15, -0.1) is 11.8 Å². The number of aromatic amines is 1. The van der Waals surface area contributed by atoms with Gasteiger partial charge in [-0.1, -0.05) is 12.1 Å². The highest BCUT2D eigenvalue weighted by atomic mass is 32.2. The fraction of sp³-hybridized carbons (Fsp3) is 0.333. The van der Waals surface area contributed by atoms with Gasteiger partial charge in [0.2, 0.25) is 5.91 Å². The number of aromatic nitrogens is 2. The highest BCUT2D eigenvalue weighted by molar-refractivity contribution is 8.00. The van der Waals surface area contributed by atoms with Crippen molar-refractivity contribution in [1.82, 2.24) is 15.3 Å². The third kappa shape index (κ3) is 5.00. The summed E-state index contributed by atoms with van der Waals surface area (Å²) in [5.74, 6) is 3.55. The van der Waals surface area contributed by atoms with E-state index in [-0.39, 0.29) is 11.9 Å². The van der Waals surface area contributed by atoms with Crippen molar-refractivity contribution in [3.8, 4) is 11.5 Å². The van der Waals surface area contributed by atoms with Gasteiger partial charge < -0.3 is 19.8 Å². The van der Waals surface area contributed by atoms with E-state index in [1.165, 1.54) is 11.8 Å². The molecule has 0 saturated carbocycles. The molecule has 0 unspecified atom stereocenters. The van der Waals surface area contributed by atoms with E-state index in [0.29, 0.717) is 19.0 Å². The van der Waals surface area contributed by atoms with Crippen LogP contribution in [-0.2, 0) is 4.79 Å². The molecule has 0 spiro atoms. The number of carbonyl (C=O) groups is 1. The van der Waals surface area contributed by atoms with Crippen molar-refractivity contribution in [3.63, 3.8) is 0 Å². The number of benzene rings is 2. The molecule has 0 fully saturated rings. The van der Waals surface area contributed by atoms with Crippen LogP contribution in [0, 0.1) is 0 Å². The Labute approximate surface area is 178 Å². The van der Waals surface area contributed by atoms with Crippen LogP contribution < -0.4 is 14.8 Å². The van der Waals surface area contributed by atoms with Crippen LogP contribution in [0.4, 0.5) is 0 Å². The van der Waals surface area contributed by atoms with Crippen molar-refractivity contribution in [2.24, 2.45) is 0 Å². The number of rotatable bonds is 8. The Bertz CT molecular complexity index is 959. The van der Waals surface area contributed by atoms with E-state index in [1.54, 1.807) is 11.8 Å². The van der Waals surface area contributed by atoms with Gasteiger partial charge >= 0.3 is 0 Å². The van der Waals surface area contributed by atoms with Crippen LogP contribution in [0.15, 0.2) is 47.4 Å². The minimum atomic E-state index is -0.136. The first-order valence-corrected chi connectivity index (χ1v) is 11.9. The number of fused-ring (bicyclic) bond motifs is 2. The standard InChI is InChI=1S/C21H23N3O3S2/c1-28-11-8-17(21-23-15-4-2-3-5-16(15)24-21)22-20(25)13-29-14-6-7-18-19(12-14)27-10-9-26-18/h2-7,12,17H,8-11,13H2,1H3,(H,22,25)(H,23,24)/t17-/m0/s1. The van der Waals surface area contributed by atoms with Gasteiger partial charge in [-0.25, -0.2) is 4.98 Å². The number of nitrogens with one attached hydrogen (secondary N) is 2. The largest absolute Gasteiger partial charge is 0.486 e. The first kappa shape index (κ1) is 20.0. The molecule has 0 bridgehead atoms. The number of ether oxygens (including phenoxy) is 2. The molecule has 0 radical (unpaired) electrons. The zero-order chi connectivity index (χ0) is 20.1. The summed E-state index contributed by atoms with van der Waals surface area (Å²) < 4.78 is 11.2. The predicted octanol–water partition coefficient (Wildman–Crippen LogP) is 4.04. The molecule has 1 aromatic heterocycles. The van der Waals surface area contributed by atoms with Crippen molar-refractivity contribution in [1.29, 1.82) is 0 Å². The van der Waals surface area contributed by atoms with E-state index in [0.717, 1.165) is 45.4 Å². The highest BCUT2D eigenvalue weighted by Crippen LogP contribution is 2.34. The highest BCUT2D eigenvalue weighted by Gasteiger charge is 2.19. The smallest absolute Gasteiger partial charge is 0.230 e. The lowest BCUT2D eigenvalue weighted by Crippen LogP contribution is -2.31. The fourth-order valence-corrected chi connectivity index (χ4v) is 4.36. The maximum atomic E-state index is 12.6. The molecule has 4 rings (SSSR count). The second-order valence-electron chi connectivity index (χ2n) is 6.63. The minimum Gasteiger partial charge on any atom is -0.486 e. The van der Waals surface area contributed by atoms with E-state index in [4.69, 9.17) is 9.47 Å². The van der Waals surface area contributed by atoms with E-state index in [1.807, 2.05) is 42.5 Å². The molecular weight excluding hydrogens is 406 g/mol. The molecule has 3 aromatic rings. The lowest BCUT2D eigenvalue weighted by atomic mass is 10.2. The SMILES string of the molecule is CSCC[C@H](NC(=O)CSc1ccc2c(c1)OCCO2)c1nc2ccccc2[nH]1. The predicted molar refractivity (Wildman–Crippen MR) is 118 cm³/mol. The average Bonchev–Trinajstić information content (AvgIpc) is 3.19. The van der Waals surface area contributed by atoms with Crippen LogP contribution in [0.3, 0.4) is 0 Å². The van der Waals surface area contributed by atoms with Crippen molar-refractivity contribution >= 4 is 40.5 Å². The van der Waals surface area contributed by atoms with Gasteiger partial charge in [0.25, 0.3) is 0 Å². The summed E-state index contributed by atoms with van der Waals surface area (Å²) in [6.45, 7) is 1.12. The van der Waals surface area contributed by atoms with Gasteiger partial charge in [0.1, 0.15) is 19.0 Å². The molecule has 2 aromatic carbocycles. The summed E-state index contributed by atoms with van der Waals surface area (Å²) >= 11 is 3.24. The van der Waals surface area contributed by atoms with Gasteiger partial charge in [0.05, 0.1) is 22.8 Å². The summed E-state index contributed by atoms with van der Waals surface area (Å²) in [6.07, 6.45) is 2.89. The van der Waals surface area contributed by atoms with Gasteiger partial charge in [0.15, 0.2) is 11.5 Å². The Morgan fingerprint density at radius 3 is 2.86 bits per heavy atom. The lowest BCUT2D eigenvalue weighted by Gasteiger charge is -2.19. The van der Waals surface area contributed by atoms with Crippen molar-refractivity contribution in [3.05, 3.63) is 48.3 Å². The summed E-state index contributed by atoms with van der Waals surface area (Å²) in [5.41, 5.74) is 1.90. The van der Waals surface area contributed by atoms with Gasteiger partial charge in [-0.05, 0) is 48.8 Å². The molecule has 1 amide bonds. The molecule has 6 nitrogen and oxygen atoms in total. The Morgan fingerprint density at radius 2 is 2.03 bits per heavy atom. The van der Waals surface area contributed by atoms with E-state index >= 15 is 0 Å². The van der Waals surface area contributed by atoms with Crippen LogP contribution in [0.25, 0.3) is 11.0 Å². The molecular formula is C21H23N3O3S2. The number of nitrogens with zero attached hydrogens (tertiary/aromatic N) is 1. The van der Waals surface area contributed by atoms with E-state index in [9.17, 15) is 4.79 Å². The van der Waals surface area contributed by atoms with Crippen LogP contribution >= 0.6 is 23.5 Å². The average molecular weight is 430 g/mol. The van der Waals surface area contributed by atoms with Gasteiger partial charge in [0, 0.05) is 4.90 Å². The number of para-hydroxylation sites is 2. The third-order valence-electron chi connectivity index (χ3n) is 4.57. The number of hydrogen-bond acceptors (Lipinski definition) is 6. The van der Waals surface area contributed by atoms with E-state index < -0.39 is 0 Å². The van der Waals surface area contributed by atoms with Crippen LogP contribution in [0.5, 0.6) is 11.5 Å². The quantitative estimate of drug-likeness (QED) is 0.527. The summed E-state index contributed by atoms with van der Waals surface area (Å²) in [4.78, 5) is 21.6. The topological polar surface area (TPSA) is 76.2 Å². The first-order valence-electron chi connectivity index (χ1n) is 9.48. The molecule has 1 atom stereocenters. The Balaban J connectivity index is 1.40. The maximum Gasteiger partial charge on any atom is 0.230 e. The third-order valence-corrected chi connectivity index (χ3v) is 6.20. The number of carbonyl (C=O) groups excluding carboxylic acids is 1. The number of H-pyrrole nitrogens is 1. The minimum absolute atomic E-state index is 0.0172. The second-order valence-corrected chi connectivity index (χ2v) is 8.67. The van der Waals surface area contributed by atoms with Crippen molar-refractivity contribution in [2.45, 2.75) is 17.4 Å². The zero-order valence-electron chi connectivity index (χ0n) is 16.1. The van der Waals surface area contributed by atoms with Crippen LogP contribution in [0.2, 0.25) is 0 Å². The van der Waals surface area contributed by atoms with Crippen LogP contribution in [-0.4, -0.2) is 46.9 Å². The number of thioether (sulfide) groups is 2. The summed E-state index contributed by atoms with van der Waals surface area (Å²) in [5, 5.41) is 3.14. The molecule has 2 N–H and O–H groups in total. The van der Waals surface area contributed by atoms with E-state index in [2.05, 4.69) is 21.5 Å². The normalized spacial score (nSPS) is 14.0. The monoisotopic (exact) mass is 429 g/mol. The molecule has 1 aliphatic heterocycles. The number of amides is 1. The first-order chi connectivity index (χ1) is 14.2. The maximum absolute atomic E-state index is 12.6. The molecule has 2 heterocycles. The molecule has 0 saturated heterocycles. The molecule has 1 aliphatic rings.